The Kier molecular flexibility index (Phi) is 3.38. The van der Waals surface area contributed by atoms with Crippen molar-refractivity contribution in [3.8, 4) is 0 Å². The highest BCUT2D eigenvalue weighted by atomic mass is 32.2. The van der Waals surface area contributed by atoms with Gasteiger partial charge in [-0.1, -0.05) is 0 Å². The highest BCUT2D eigenvalue weighted by molar-refractivity contribution is 7.99. The minimum atomic E-state index is -0.398. The van der Waals surface area contributed by atoms with Crippen LogP contribution in [0.15, 0.2) is 12.4 Å². The summed E-state index contributed by atoms with van der Waals surface area (Å²) in [7, 11) is 1.88. The Labute approximate surface area is 112 Å². The number of rotatable bonds is 2. The van der Waals surface area contributed by atoms with E-state index in [1.807, 2.05) is 25.0 Å². The maximum Gasteiger partial charge on any atom is 0.0850 e. The highest BCUT2D eigenvalue weighted by Crippen LogP contribution is 2.43. The number of hydrogen-bond acceptors (Lipinski definition) is 4. The Morgan fingerprint density at radius 1 is 1.67 bits per heavy atom. The molecule has 3 rings (SSSR count). The number of hydrogen-bond donors (Lipinski definition) is 1. The normalized spacial score (nSPS) is 34.0. The topological polar surface area (TPSA) is 47.3 Å². The monoisotopic (exact) mass is 268 g/mol. The average Bonchev–Trinajstić information content (AvgIpc) is 2.98. The molecule has 3 unspecified atom stereocenters. The molecule has 3 heterocycles. The van der Waals surface area contributed by atoms with Gasteiger partial charge in [-0.15, -0.1) is 0 Å². The van der Waals surface area contributed by atoms with Gasteiger partial charge in [-0.05, 0) is 30.9 Å². The van der Waals surface area contributed by atoms with Gasteiger partial charge in [0.25, 0.3) is 0 Å². The summed E-state index contributed by atoms with van der Waals surface area (Å²) in [6.07, 6.45) is 6.35. The van der Waals surface area contributed by atoms with Crippen molar-refractivity contribution < 1.29 is 9.84 Å². The molecule has 18 heavy (non-hydrogen) atoms. The van der Waals surface area contributed by atoms with E-state index in [-0.39, 0.29) is 5.60 Å². The van der Waals surface area contributed by atoms with E-state index in [4.69, 9.17) is 4.74 Å². The van der Waals surface area contributed by atoms with Crippen LogP contribution in [0.1, 0.15) is 30.9 Å². The molecule has 0 bridgehead atoms. The standard InChI is InChI=1S/C13H20N2O2S/c1-15-8-11(7-14-15)12(16)10-2-4-17-13(6-10)3-5-18-9-13/h7-8,10,12,16H,2-6,9H2,1H3. The Bertz CT molecular complexity index is 415. The van der Waals surface area contributed by atoms with Crippen LogP contribution in [-0.4, -0.2) is 38.6 Å². The van der Waals surface area contributed by atoms with Crippen molar-refractivity contribution >= 4 is 11.8 Å². The van der Waals surface area contributed by atoms with Crippen molar-refractivity contribution in [1.29, 1.82) is 0 Å². The fourth-order valence-corrected chi connectivity index (χ4v) is 4.44. The van der Waals surface area contributed by atoms with Crippen LogP contribution in [0.25, 0.3) is 0 Å². The Morgan fingerprint density at radius 3 is 3.22 bits per heavy atom. The predicted octanol–water partition coefficient (Wildman–Crippen LogP) is 1.76. The summed E-state index contributed by atoms with van der Waals surface area (Å²) in [6, 6.07) is 0. The minimum absolute atomic E-state index is 0.0385. The van der Waals surface area contributed by atoms with Gasteiger partial charge in [0.15, 0.2) is 0 Å². The number of aromatic nitrogens is 2. The number of aliphatic hydroxyl groups is 1. The van der Waals surface area contributed by atoms with Gasteiger partial charge >= 0.3 is 0 Å². The van der Waals surface area contributed by atoms with Crippen LogP contribution in [0.3, 0.4) is 0 Å². The second-order valence-electron chi connectivity index (χ2n) is 5.48. The number of ether oxygens (including phenoxy) is 1. The Hall–Kier alpha value is -0.520. The third kappa shape index (κ3) is 2.31. The van der Waals surface area contributed by atoms with E-state index < -0.39 is 6.10 Å². The number of aryl methyl sites for hydroxylation is 1. The van der Waals surface area contributed by atoms with Crippen molar-refractivity contribution in [2.75, 3.05) is 18.1 Å². The lowest BCUT2D eigenvalue weighted by Crippen LogP contribution is -2.41. The summed E-state index contributed by atoms with van der Waals surface area (Å²) < 4.78 is 7.74. The van der Waals surface area contributed by atoms with Crippen LogP contribution in [0, 0.1) is 5.92 Å². The first-order valence-electron chi connectivity index (χ1n) is 6.57. The number of aliphatic hydroxyl groups excluding tert-OH is 1. The van der Waals surface area contributed by atoms with Gasteiger partial charge in [-0.2, -0.15) is 16.9 Å². The van der Waals surface area contributed by atoms with Gasteiger partial charge in [0.05, 0.1) is 17.9 Å². The Morgan fingerprint density at radius 2 is 2.56 bits per heavy atom. The molecule has 0 radical (unpaired) electrons. The Balaban J connectivity index is 1.72. The van der Waals surface area contributed by atoms with E-state index in [1.165, 1.54) is 5.75 Å². The summed E-state index contributed by atoms with van der Waals surface area (Å²) in [5.41, 5.74) is 0.974. The fourth-order valence-electron chi connectivity index (χ4n) is 3.06. The van der Waals surface area contributed by atoms with Gasteiger partial charge in [0.2, 0.25) is 0 Å². The first-order chi connectivity index (χ1) is 8.69. The summed E-state index contributed by atoms with van der Waals surface area (Å²) in [5, 5.41) is 14.6. The molecule has 2 aliphatic rings. The van der Waals surface area contributed by atoms with Crippen LogP contribution < -0.4 is 0 Å². The molecule has 0 saturated carbocycles. The van der Waals surface area contributed by atoms with Crippen molar-refractivity contribution in [3.05, 3.63) is 18.0 Å². The quantitative estimate of drug-likeness (QED) is 0.888. The average molecular weight is 268 g/mol. The van der Waals surface area contributed by atoms with Crippen molar-refractivity contribution in [2.24, 2.45) is 13.0 Å². The molecule has 100 valence electrons. The van der Waals surface area contributed by atoms with E-state index in [0.717, 1.165) is 37.2 Å². The highest BCUT2D eigenvalue weighted by Gasteiger charge is 2.42. The largest absolute Gasteiger partial charge is 0.388 e. The third-order valence-corrected chi connectivity index (χ3v) is 5.33. The molecule has 3 atom stereocenters. The molecule has 1 spiro atoms. The molecule has 1 aromatic heterocycles. The fraction of sp³-hybridized carbons (Fsp3) is 0.769. The summed E-state index contributed by atoms with van der Waals surface area (Å²) in [4.78, 5) is 0. The molecule has 0 aromatic carbocycles. The van der Waals surface area contributed by atoms with Crippen LogP contribution in [0.5, 0.6) is 0 Å². The molecule has 0 aliphatic carbocycles. The molecule has 2 fully saturated rings. The van der Waals surface area contributed by atoms with Crippen molar-refractivity contribution in [3.63, 3.8) is 0 Å². The second kappa shape index (κ2) is 4.87. The third-order valence-electron chi connectivity index (χ3n) is 4.11. The van der Waals surface area contributed by atoms with Crippen LogP contribution in [0.4, 0.5) is 0 Å². The molecular formula is C13H20N2O2S. The zero-order valence-corrected chi connectivity index (χ0v) is 11.5. The van der Waals surface area contributed by atoms with E-state index in [0.29, 0.717) is 5.92 Å². The number of thioether (sulfide) groups is 1. The van der Waals surface area contributed by atoms with E-state index in [1.54, 1.807) is 10.9 Å². The maximum atomic E-state index is 10.5. The molecular weight excluding hydrogens is 248 g/mol. The number of nitrogens with zero attached hydrogens (tertiary/aromatic N) is 2. The van der Waals surface area contributed by atoms with Gasteiger partial charge in [-0.25, -0.2) is 0 Å². The summed E-state index contributed by atoms with van der Waals surface area (Å²) in [6.45, 7) is 0.780. The molecule has 4 nitrogen and oxygen atoms in total. The lowest BCUT2D eigenvalue weighted by atomic mass is 9.81. The first kappa shape index (κ1) is 12.5. The molecule has 5 heteroatoms. The van der Waals surface area contributed by atoms with Gasteiger partial charge in [0, 0.05) is 31.2 Å². The van der Waals surface area contributed by atoms with E-state index >= 15 is 0 Å². The van der Waals surface area contributed by atoms with E-state index in [9.17, 15) is 5.11 Å². The second-order valence-corrected chi connectivity index (χ2v) is 6.58. The van der Waals surface area contributed by atoms with Crippen LogP contribution >= 0.6 is 11.8 Å². The zero-order chi connectivity index (χ0) is 12.6. The molecule has 2 aliphatic heterocycles. The predicted molar refractivity (Wildman–Crippen MR) is 71.5 cm³/mol. The van der Waals surface area contributed by atoms with Gasteiger partial charge in [-0.3, -0.25) is 4.68 Å². The maximum absolute atomic E-state index is 10.5. The molecule has 2 saturated heterocycles. The SMILES string of the molecule is Cn1cc(C(O)C2CCOC3(CCSC3)C2)cn1. The summed E-state index contributed by atoms with van der Waals surface area (Å²) >= 11 is 1.97. The lowest BCUT2D eigenvalue weighted by molar-refractivity contribution is -0.102. The smallest absolute Gasteiger partial charge is 0.0850 e. The molecule has 0 amide bonds. The van der Waals surface area contributed by atoms with Crippen molar-refractivity contribution in [2.45, 2.75) is 31.0 Å². The molecule has 1 N–H and O–H groups in total. The first-order valence-corrected chi connectivity index (χ1v) is 7.72. The lowest BCUT2D eigenvalue weighted by Gasteiger charge is -2.39. The van der Waals surface area contributed by atoms with Crippen LogP contribution in [0.2, 0.25) is 0 Å². The van der Waals surface area contributed by atoms with Gasteiger partial charge < -0.3 is 9.84 Å². The molecule has 1 aromatic rings. The summed E-state index contributed by atoms with van der Waals surface area (Å²) in [5.74, 6) is 2.58. The van der Waals surface area contributed by atoms with E-state index in [2.05, 4.69) is 5.10 Å². The van der Waals surface area contributed by atoms with Crippen LogP contribution in [-0.2, 0) is 11.8 Å². The minimum Gasteiger partial charge on any atom is -0.388 e. The van der Waals surface area contributed by atoms with Gasteiger partial charge in [0.1, 0.15) is 0 Å². The zero-order valence-electron chi connectivity index (χ0n) is 10.7. The van der Waals surface area contributed by atoms with Crippen molar-refractivity contribution in [1.82, 2.24) is 9.78 Å².